The molecule has 2 amide bonds. The van der Waals surface area contributed by atoms with Crippen LogP contribution in [0.4, 0.5) is 4.79 Å². The van der Waals surface area contributed by atoms with E-state index in [9.17, 15) is 4.79 Å². The number of amides is 2. The van der Waals surface area contributed by atoms with Gasteiger partial charge in [-0.25, -0.2) is 4.79 Å². The molecule has 0 aliphatic carbocycles. The van der Waals surface area contributed by atoms with Gasteiger partial charge in [0.1, 0.15) is 0 Å². The Morgan fingerprint density at radius 2 is 2.05 bits per heavy atom. The van der Waals surface area contributed by atoms with Gasteiger partial charge in [-0.2, -0.15) is 0 Å². The first-order valence-corrected chi connectivity index (χ1v) is 6.63. The first kappa shape index (κ1) is 13.4. The molecule has 2 rings (SSSR count). The minimum atomic E-state index is -0.380. The molecule has 0 saturated carbocycles. The number of fused-ring (bicyclic) bond motifs is 1. The second-order valence-corrected chi connectivity index (χ2v) is 4.84. The van der Waals surface area contributed by atoms with Crippen LogP contribution in [0.5, 0.6) is 0 Å². The van der Waals surface area contributed by atoms with Crippen LogP contribution >= 0.6 is 0 Å². The highest BCUT2D eigenvalue weighted by atomic mass is 16.2. The van der Waals surface area contributed by atoms with E-state index in [1.54, 1.807) is 11.9 Å². The molecule has 3 heteroatoms. The summed E-state index contributed by atoms with van der Waals surface area (Å²) in [5.41, 5.74) is 7.85. The summed E-state index contributed by atoms with van der Waals surface area (Å²) >= 11 is 0. The van der Waals surface area contributed by atoms with Gasteiger partial charge >= 0.3 is 6.03 Å². The average Bonchev–Trinajstić information content (AvgIpc) is 2.43. The molecule has 0 aliphatic heterocycles. The maximum atomic E-state index is 11.0. The topological polar surface area (TPSA) is 46.3 Å². The Bertz CT molecular complexity index is 592. The van der Waals surface area contributed by atoms with Crippen LogP contribution in [0.2, 0.25) is 0 Å². The first-order valence-electron chi connectivity index (χ1n) is 6.63. The average molecular weight is 256 g/mol. The number of carbonyl (C=O) groups is 1. The monoisotopic (exact) mass is 256 g/mol. The van der Waals surface area contributed by atoms with Gasteiger partial charge in [-0.05, 0) is 34.7 Å². The van der Waals surface area contributed by atoms with Gasteiger partial charge in [0.15, 0.2) is 0 Å². The molecule has 2 aromatic rings. The highest BCUT2D eigenvalue weighted by Gasteiger charge is 2.06. The second-order valence-electron chi connectivity index (χ2n) is 4.84. The number of carbonyl (C=O) groups excluding carboxylic acids is 1. The fourth-order valence-electron chi connectivity index (χ4n) is 2.22. The van der Waals surface area contributed by atoms with Crippen molar-refractivity contribution in [2.45, 2.75) is 19.8 Å². The van der Waals surface area contributed by atoms with E-state index in [-0.39, 0.29) is 6.03 Å². The molecule has 0 aliphatic rings. The number of urea groups is 1. The van der Waals surface area contributed by atoms with Crippen molar-refractivity contribution in [3.05, 3.63) is 47.5 Å². The van der Waals surface area contributed by atoms with E-state index < -0.39 is 0 Å². The molecule has 2 aromatic carbocycles. The van der Waals surface area contributed by atoms with Crippen molar-refractivity contribution < 1.29 is 4.79 Å². The number of nitrogens with zero attached hydrogens (tertiary/aromatic N) is 1. The van der Waals surface area contributed by atoms with Crippen LogP contribution in [0.3, 0.4) is 0 Å². The number of aryl methyl sites for hydroxylation is 1. The summed E-state index contributed by atoms with van der Waals surface area (Å²) < 4.78 is 0. The number of likely N-dealkylation sites (N-methyl/N-ethyl adjacent to an activating group) is 1. The van der Waals surface area contributed by atoms with E-state index >= 15 is 0 Å². The second kappa shape index (κ2) is 5.74. The number of nitrogens with two attached hydrogens (primary N) is 1. The predicted molar refractivity (Wildman–Crippen MR) is 79.2 cm³/mol. The zero-order valence-electron chi connectivity index (χ0n) is 11.5. The van der Waals surface area contributed by atoms with Gasteiger partial charge in [-0.3, -0.25) is 0 Å². The largest absolute Gasteiger partial charge is 0.351 e. The zero-order valence-corrected chi connectivity index (χ0v) is 11.5. The third-order valence-electron chi connectivity index (χ3n) is 3.54. The fraction of sp³-hybridized carbons (Fsp3) is 0.312. The van der Waals surface area contributed by atoms with Gasteiger partial charge in [0.25, 0.3) is 0 Å². The number of benzene rings is 2. The minimum Gasteiger partial charge on any atom is -0.351 e. The molecule has 0 atom stereocenters. The molecule has 0 fully saturated rings. The van der Waals surface area contributed by atoms with Crippen LogP contribution in [-0.2, 0) is 12.8 Å². The lowest BCUT2D eigenvalue weighted by Crippen LogP contribution is -2.33. The van der Waals surface area contributed by atoms with Gasteiger partial charge in [-0.1, -0.05) is 43.3 Å². The lowest BCUT2D eigenvalue weighted by molar-refractivity contribution is 0.219. The normalized spacial score (nSPS) is 10.6. The molecule has 2 N–H and O–H groups in total. The summed E-state index contributed by atoms with van der Waals surface area (Å²) in [7, 11) is 1.73. The standard InChI is InChI=1S/C16H20N2O/c1-3-12-7-8-13-5-4-6-14(15(13)11-12)9-10-18(2)16(17)19/h4-8,11H,3,9-10H2,1-2H3,(H2,17,19). The van der Waals surface area contributed by atoms with E-state index in [0.29, 0.717) is 6.54 Å². The molecular weight excluding hydrogens is 236 g/mol. The Morgan fingerprint density at radius 3 is 2.74 bits per heavy atom. The Labute approximate surface area is 114 Å². The summed E-state index contributed by atoms with van der Waals surface area (Å²) in [6.45, 7) is 2.80. The highest BCUT2D eigenvalue weighted by Crippen LogP contribution is 2.21. The van der Waals surface area contributed by atoms with Crippen molar-refractivity contribution in [2.75, 3.05) is 13.6 Å². The summed E-state index contributed by atoms with van der Waals surface area (Å²) in [6.07, 6.45) is 1.86. The lowest BCUT2D eigenvalue weighted by Gasteiger charge is -2.15. The fourth-order valence-corrected chi connectivity index (χ4v) is 2.22. The molecule has 0 aromatic heterocycles. The Hall–Kier alpha value is -2.03. The minimum absolute atomic E-state index is 0.380. The number of primary amides is 1. The van der Waals surface area contributed by atoms with Crippen LogP contribution in [0, 0.1) is 0 Å². The number of hydrogen-bond donors (Lipinski definition) is 1. The third-order valence-corrected chi connectivity index (χ3v) is 3.54. The molecule has 19 heavy (non-hydrogen) atoms. The van der Waals surface area contributed by atoms with Crippen molar-refractivity contribution in [1.29, 1.82) is 0 Å². The Kier molecular flexibility index (Phi) is 4.05. The summed E-state index contributed by atoms with van der Waals surface area (Å²) in [4.78, 5) is 12.6. The maximum Gasteiger partial charge on any atom is 0.314 e. The highest BCUT2D eigenvalue weighted by molar-refractivity contribution is 5.86. The van der Waals surface area contributed by atoms with Crippen molar-refractivity contribution in [1.82, 2.24) is 4.90 Å². The van der Waals surface area contributed by atoms with Gasteiger partial charge in [0.2, 0.25) is 0 Å². The summed E-state index contributed by atoms with van der Waals surface area (Å²) in [6, 6.07) is 12.5. The van der Waals surface area contributed by atoms with Crippen LogP contribution in [0.25, 0.3) is 10.8 Å². The van der Waals surface area contributed by atoms with E-state index in [1.807, 2.05) is 0 Å². The molecule has 0 radical (unpaired) electrons. The van der Waals surface area contributed by atoms with Crippen molar-refractivity contribution >= 4 is 16.8 Å². The Balaban J connectivity index is 2.29. The van der Waals surface area contributed by atoms with Crippen LogP contribution in [-0.4, -0.2) is 24.5 Å². The van der Waals surface area contributed by atoms with Gasteiger partial charge < -0.3 is 10.6 Å². The van der Waals surface area contributed by atoms with Gasteiger partial charge in [-0.15, -0.1) is 0 Å². The third kappa shape index (κ3) is 3.05. The van der Waals surface area contributed by atoms with Crippen molar-refractivity contribution in [3.8, 4) is 0 Å². The van der Waals surface area contributed by atoms with Crippen LogP contribution in [0.1, 0.15) is 18.1 Å². The van der Waals surface area contributed by atoms with Gasteiger partial charge in [0.05, 0.1) is 0 Å². The molecule has 0 bridgehead atoms. The number of hydrogen-bond acceptors (Lipinski definition) is 1. The van der Waals surface area contributed by atoms with Crippen LogP contribution in [0.15, 0.2) is 36.4 Å². The van der Waals surface area contributed by atoms with E-state index in [4.69, 9.17) is 5.73 Å². The summed E-state index contributed by atoms with van der Waals surface area (Å²) in [5, 5.41) is 2.52. The zero-order chi connectivity index (χ0) is 13.8. The molecule has 3 nitrogen and oxygen atoms in total. The first-order chi connectivity index (χ1) is 9.11. The molecule has 0 heterocycles. The molecule has 100 valence electrons. The summed E-state index contributed by atoms with van der Waals surface area (Å²) in [5.74, 6) is 0. The SMILES string of the molecule is CCc1ccc2cccc(CCN(C)C(N)=O)c2c1. The van der Waals surface area contributed by atoms with E-state index in [0.717, 1.165) is 12.8 Å². The number of rotatable bonds is 4. The molecule has 0 unspecified atom stereocenters. The van der Waals surface area contributed by atoms with E-state index in [1.165, 1.54) is 21.9 Å². The van der Waals surface area contributed by atoms with Crippen molar-refractivity contribution in [3.63, 3.8) is 0 Å². The smallest absolute Gasteiger partial charge is 0.314 e. The van der Waals surface area contributed by atoms with Gasteiger partial charge in [0, 0.05) is 13.6 Å². The molecule has 0 spiro atoms. The van der Waals surface area contributed by atoms with Crippen molar-refractivity contribution in [2.24, 2.45) is 5.73 Å². The quantitative estimate of drug-likeness (QED) is 0.898. The van der Waals surface area contributed by atoms with Crippen LogP contribution < -0.4 is 5.73 Å². The Morgan fingerprint density at radius 1 is 1.26 bits per heavy atom. The molecule has 0 saturated heterocycles. The molecular formula is C16H20N2O. The predicted octanol–water partition coefficient (Wildman–Crippen LogP) is 2.96. The lowest BCUT2D eigenvalue weighted by atomic mass is 9.99. The maximum absolute atomic E-state index is 11.0. The van der Waals surface area contributed by atoms with E-state index in [2.05, 4.69) is 43.3 Å².